The summed E-state index contributed by atoms with van der Waals surface area (Å²) >= 11 is 0. The van der Waals surface area contributed by atoms with Gasteiger partial charge in [0.25, 0.3) is 0 Å². The van der Waals surface area contributed by atoms with Crippen molar-refractivity contribution in [3.05, 3.63) is 43.2 Å². The van der Waals surface area contributed by atoms with Gasteiger partial charge in [-0.1, -0.05) is 0 Å². The van der Waals surface area contributed by atoms with Crippen molar-refractivity contribution in [3.63, 3.8) is 0 Å². The lowest BCUT2D eigenvalue weighted by Gasteiger charge is -2.05. The first-order valence-electron chi connectivity index (χ1n) is 7.74. The zero-order valence-corrected chi connectivity index (χ0v) is 12.4. The maximum absolute atomic E-state index is 4.53. The van der Waals surface area contributed by atoms with Crippen LogP contribution < -0.4 is 5.32 Å². The van der Waals surface area contributed by atoms with Crippen LogP contribution in [0.4, 0.5) is 5.95 Å². The summed E-state index contributed by atoms with van der Waals surface area (Å²) in [6, 6.07) is 2.04. The number of rotatable bonds is 4. The third-order valence-electron chi connectivity index (χ3n) is 4.22. The van der Waals surface area contributed by atoms with Gasteiger partial charge in [-0.2, -0.15) is 0 Å². The number of nitrogens with one attached hydrogen (secondary N) is 1. The molecular formula is C16H15N7. The van der Waals surface area contributed by atoms with Crippen molar-refractivity contribution < 1.29 is 0 Å². The van der Waals surface area contributed by atoms with Gasteiger partial charge in [-0.15, -0.1) is 5.10 Å². The maximum atomic E-state index is 4.53. The molecule has 0 saturated heterocycles. The molecule has 0 bridgehead atoms. The van der Waals surface area contributed by atoms with E-state index in [1.54, 1.807) is 6.20 Å². The molecule has 4 heterocycles. The van der Waals surface area contributed by atoms with Gasteiger partial charge in [-0.25, -0.2) is 19.5 Å². The molecule has 1 N–H and O–H groups in total. The van der Waals surface area contributed by atoms with Crippen molar-refractivity contribution in [2.45, 2.75) is 12.8 Å². The van der Waals surface area contributed by atoms with E-state index >= 15 is 0 Å². The Kier molecular flexibility index (Phi) is 2.61. The Bertz CT molecular complexity index is 996. The second kappa shape index (κ2) is 4.77. The summed E-state index contributed by atoms with van der Waals surface area (Å²) in [6.07, 6.45) is 13.9. The molecule has 0 amide bonds. The Morgan fingerprint density at radius 3 is 3.00 bits per heavy atom. The minimum absolute atomic E-state index is 0.676. The molecule has 0 radical (unpaired) electrons. The molecule has 4 aromatic heterocycles. The lowest BCUT2D eigenvalue weighted by atomic mass is 10.1. The second-order valence-corrected chi connectivity index (χ2v) is 5.94. The van der Waals surface area contributed by atoms with Gasteiger partial charge in [0.1, 0.15) is 0 Å². The summed E-state index contributed by atoms with van der Waals surface area (Å²) in [5.41, 5.74) is 3.03. The van der Waals surface area contributed by atoms with E-state index < -0.39 is 0 Å². The standard InChI is InChI=1S/C16H15N7/c1-2-11(1)7-18-15-19-9-14-13(3-5-23(14)21-15)12-8-20-16-17-4-6-22(16)10-12/h3-6,8-11H,1-2,7H2,(H,18,21). The molecule has 5 rings (SSSR count). The number of aromatic nitrogens is 6. The zero-order chi connectivity index (χ0) is 15.2. The number of imidazole rings is 1. The van der Waals surface area contributed by atoms with Gasteiger partial charge in [0.05, 0.1) is 11.7 Å². The lowest BCUT2D eigenvalue weighted by Crippen LogP contribution is -2.08. The minimum atomic E-state index is 0.676. The quantitative estimate of drug-likeness (QED) is 0.626. The van der Waals surface area contributed by atoms with Crippen LogP contribution in [0.25, 0.3) is 22.4 Å². The average molecular weight is 305 g/mol. The maximum Gasteiger partial charge on any atom is 0.241 e. The zero-order valence-electron chi connectivity index (χ0n) is 12.4. The summed E-state index contributed by atoms with van der Waals surface area (Å²) in [6.45, 7) is 0.959. The molecular weight excluding hydrogens is 290 g/mol. The molecule has 0 spiro atoms. The van der Waals surface area contributed by atoms with Crippen LogP contribution in [0.1, 0.15) is 12.8 Å². The third-order valence-corrected chi connectivity index (χ3v) is 4.22. The fourth-order valence-corrected chi connectivity index (χ4v) is 2.74. The predicted molar refractivity (Wildman–Crippen MR) is 86.2 cm³/mol. The molecule has 1 aliphatic rings. The molecule has 7 nitrogen and oxygen atoms in total. The number of hydrogen-bond acceptors (Lipinski definition) is 5. The van der Waals surface area contributed by atoms with Crippen LogP contribution in [-0.2, 0) is 0 Å². The van der Waals surface area contributed by atoms with Crippen LogP contribution in [0.5, 0.6) is 0 Å². The van der Waals surface area contributed by atoms with Crippen molar-refractivity contribution in [1.82, 2.24) is 29.0 Å². The molecule has 0 atom stereocenters. The van der Waals surface area contributed by atoms with Gasteiger partial charge in [-0.3, -0.25) is 4.40 Å². The average Bonchev–Trinajstić information content (AvgIpc) is 3.13. The Balaban J connectivity index is 1.53. The fraction of sp³-hybridized carbons (Fsp3) is 0.250. The molecule has 0 unspecified atom stereocenters. The highest BCUT2D eigenvalue weighted by molar-refractivity contribution is 5.79. The molecule has 4 aromatic rings. The largest absolute Gasteiger partial charge is 0.353 e. The number of hydrogen-bond donors (Lipinski definition) is 1. The Morgan fingerprint density at radius 2 is 2.09 bits per heavy atom. The predicted octanol–water partition coefficient (Wildman–Crippen LogP) is 2.26. The van der Waals surface area contributed by atoms with Crippen LogP contribution in [-0.4, -0.2) is 35.5 Å². The van der Waals surface area contributed by atoms with E-state index in [-0.39, 0.29) is 0 Å². The highest BCUT2D eigenvalue weighted by Crippen LogP contribution is 2.29. The van der Waals surface area contributed by atoms with E-state index in [1.165, 1.54) is 12.8 Å². The lowest BCUT2D eigenvalue weighted by molar-refractivity contribution is 0.842. The van der Waals surface area contributed by atoms with Gasteiger partial charge in [0.15, 0.2) is 0 Å². The highest BCUT2D eigenvalue weighted by atomic mass is 15.3. The van der Waals surface area contributed by atoms with Crippen molar-refractivity contribution in [1.29, 1.82) is 0 Å². The first-order valence-corrected chi connectivity index (χ1v) is 7.74. The molecule has 1 aliphatic carbocycles. The van der Waals surface area contributed by atoms with Crippen molar-refractivity contribution >= 4 is 17.2 Å². The van der Waals surface area contributed by atoms with Crippen molar-refractivity contribution in [2.75, 3.05) is 11.9 Å². The van der Waals surface area contributed by atoms with Crippen LogP contribution >= 0.6 is 0 Å². The summed E-state index contributed by atoms with van der Waals surface area (Å²) in [7, 11) is 0. The van der Waals surface area contributed by atoms with Gasteiger partial charge >= 0.3 is 0 Å². The number of fused-ring (bicyclic) bond motifs is 2. The van der Waals surface area contributed by atoms with E-state index in [2.05, 4.69) is 25.4 Å². The molecule has 1 saturated carbocycles. The third kappa shape index (κ3) is 2.21. The SMILES string of the molecule is c1cn2cc(-c3ccn4nc(NCC5CC5)ncc34)cnc2n1. The summed E-state index contributed by atoms with van der Waals surface area (Å²) in [5.74, 6) is 2.16. The second-order valence-electron chi connectivity index (χ2n) is 5.94. The first-order chi connectivity index (χ1) is 11.4. The summed E-state index contributed by atoms with van der Waals surface area (Å²) < 4.78 is 3.76. The summed E-state index contributed by atoms with van der Waals surface area (Å²) in [4.78, 5) is 13.0. The van der Waals surface area contributed by atoms with Crippen LogP contribution in [0.15, 0.2) is 43.2 Å². The number of nitrogens with zero attached hydrogens (tertiary/aromatic N) is 6. The van der Waals surface area contributed by atoms with Gasteiger partial charge in [0.2, 0.25) is 11.7 Å². The smallest absolute Gasteiger partial charge is 0.241 e. The first kappa shape index (κ1) is 12.6. The van der Waals surface area contributed by atoms with Crippen molar-refractivity contribution in [2.24, 2.45) is 5.92 Å². The van der Waals surface area contributed by atoms with E-state index in [9.17, 15) is 0 Å². The molecule has 0 aromatic carbocycles. The Labute approximate surface area is 132 Å². The Hall–Kier alpha value is -2.96. The normalized spacial score (nSPS) is 14.6. The highest BCUT2D eigenvalue weighted by Gasteiger charge is 2.21. The fourth-order valence-electron chi connectivity index (χ4n) is 2.74. The van der Waals surface area contributed by atoms with Gasteiger partial charge < -0.3 is 5.32 Å². The molecule has 0 aliphatic heterocycles. The Morgan fingerprint density at radius 1 is 1.13 bits per heavy atom. The van der Waals surface area contributed by atoms with E-state index in [0.717, 1.165) is 29.1 Å². The van der Waals surface area contributed by atoms with Gasteiger partial charge in [-0.05, 0) is 24.8 Å². The number of anilines is 1. The van der Waals surface area contributed by atoms with Crippen LogP contribution in [0.2, 0.25) is 0 Å². The van der Waals surface area contributed by atoms with E-state index in [4.69, 9.17) is 0 Å². The summed E-state index contributed by atoms with van der Waals surface area (Å²) in [5, 5.41) is 7.83. The molecule has 23 heavy (non-hydrogen) atoms. The van der Waals surface area contributed by atoms with E-state index in [0.29, 0.717) is 11.7 Å². The molecule has 1 fully saturated rings. The monoisotopic (exact) mass is 305 g/mol. The van der Waals surface area contributed by atoms with Crippen molar-refractivity contribution in [3.8, 4) is 11.1 Å². The van der Waals surface area contributed by atoms with Gasteiger partial charge in [0, 0.05) is 48.7 Å². The molecule has 7 heteroatoms. The van der Waals surface area contributed by atoms with E-state index in [1.807, 2.05) is 46.0 Å². The minimum Gasteiger partial charge on any atom is -0.353 e. The van der Waals surface area contributed by atoms with Crippen LogP contribution in [0.3, 0.4) is 0 Å². The van der Waals surface area contributed by atoms with Crippen LogP contribution in [0, 0.1) is 5.92 Å². The topological polar surface area (TPSA) is 72.4 Å². The molecule has 114 valence electrons.